The van der Waals surface area contributed by atoms with Crippen LogP contribution in [0.5, 0.6) is 5.75 Å². The molecule has 0 saturated heterocycles. The van der Waals surface area contributed by atoms with Crippen LogP contribution in [0.25, 0.3) is 0 Å². The van der Waals surface area contributed by atoms with Crippen LogP contribution >= 0.6 is 39.7 Å². The molecule has 0 unspecified atom stereocenters. The number of hydrogen-bond donors (Lipinski definition) is 2. The Labute approximate surface area is 153 Å². The first-order valence-electron chi connectivity index (χ1n) is 6.63. The minimum atomic E-state index is -0.361. The molecule has 0 fully saturated rings. The van der Waals surface area contributed by atoms with Crippen LogP contribution in [0.1, 0.15) is 15.9 Å². The molecule has 0 spiro atoms. The molecule has 7 heteroatoms. The number of hydrogen-bond acceptors (Lipinski definition) is 3. The molecule has 0 aliphatic rings. The lowest BCUT2D eigenvalue weighted by molar-refractivity contribution is 0.0974. The molecular formula is C16H14BrClN2O2S. The molecule has 23 heavy (non-hydrogen) atoms. The van der Waals surface area contributed by atoms with Gasteiger partial charge in [-0.2, -0.15) is 0 Å². The summed E-state index contributed by atoms with van der Waals surface area (Å²) in [5.74, 6) is 0.104. The smallest absolute Gasteiger partial charge is 0.261 e. The topological polar surface area (TPSA) is 50.4 Å². The van der Waals surface area contributed by atoms with Crippen molar-refractivity contribution in [2.24, 2.45) is 0 Å². The van der Waals surface area contributed by atoms with Crippen molar-refractivity contribution in [2.75, 3.05) is 12.4 Å². The van der Waals surface area contributed by atoms with Gasteiger partial charge in [0.25, 0.3) is 5.91 Å². The van der Waals surface area contributed by atoms with Gasteiger partial charge in [0.15, 0.2) is 5.11 Å². The van der Waals surface area contributed by atoms with Crippen molar-refractivity contribution in [1.29, 1.82) is 0 Å². The summed E-state index contributed by atoms with van der Waals surface area (Å²) < 4.78 is 5.96. The van der Waals surface area contributed by atoms with Gasteiger partial charge in [0.05, 0.1) is 12.7 Å². The number of carbonyl (C=O) groups is 1. The van der Waals surface area contributed by atoms with Crippen molar-refractivity contribution in [3.8, 4) is 5.75 Å². The summed E-state index contributed by atoms with van der Waals surface area (Å²) in [6.45, 7) is 1.87. The van der Waals surface area contributed by atoms with E-state index in [1.807, 2.05) is 13.0 Å². The quantitative estimate of drug-likeness (QED) is 0.725. The SMILES string of the molecule is COc1ccc(Br)cc1C(=O)NC(=S)Nc1cccc(Cl)c1C. The first kappa shape index (κ1) is 17.7. The van der Waals surface area contributed by atoms with E-state index in [1.165, 1.54) is 7.11 Å². The zero-order valence-electron chi connectivity index (χ0n) is 12.4. The van der Waals surface area contributed by atoms with Gasteiger partial charge < -0.3 is 10.1 Å². The molecule has 2 N–H and O–H groups in total. The van der Waals surface area contributed by atoms with E-state index in [0.29, 0.717) is 16.3 Å². The van der Waals surface area contributed by atoms with Crippen molar-refractivity contribution >= 4 is 56.5 Å². The first-order valence-corrected chi connectivity index (χ1v) is 8.21. The number of anilines is 1. The first-order chi connectivity index (χ1) is 10.9. The summed E-state index contributed by atoms with van der Waals surface area (Å²) in [5, 5.41) is 6.40. The number of methoxy groups -OCH3 is 1. The molecular weight excluding hydrogens is 400 g/mol. The van der Waals surface area contributed by atoms with Crippen LogP contribution in [0.15, 0.2) is 40.9 Å². The van der Waals surface area contributed by atoms with Crippen molar-refractivity contribution in [2.45, 2.75) is 6.92 Å². The summed E-state index contributed by atoms with van der Waals surface area (Å²) in [5.41, 5.74) is 1.98. The highest BCUT2D eigenvalue weighted by Crippen LogP contribution is 2.24. The minimum absolute atomic E-state index is 0.183. The Kier molecular flexibility index (Phi) is 5.98. The lowest BCUT2D eigenvalue weighted by Crippen LogP contribution is -2.34. The average Bonchev–Trinajstić information content (AvgIpc) is 2.51. The van der Waals surface area contributed by atoms with E-state index < -0.39 is 0 Å². The van der Waals surface area contributed by atoms with Crippen LogP contribution in [0.2, 0.25) is 5.02 Å². The van der Waals surface area contributed by atoms with Crippen molar-refractivity contribution in [3.05, 3.63) is 57.0 Å². The number of rotatable bonds is 3. The van der Waals surface area contributed by atoms with Crippen LogP contribution in [0, 0.1) is 6.92 Å². The summed E-state index contributed by atoms with van der Waals surface area (Å²) in [7, 11) is 1.51. The van der Waals surface area contributed by atoms with Gasteiger partial charge in [-0.15, -0.1) is 0 Å². The Morgan fingerprint density at radius 2 is 2.04 bits per heavy atom. The van der Waals surface area contributed by atoms with Gasteiger partial charge in [-0.25, -0.2) is 0 Å². The number of amides is 1. The minimum Gasteiger partial charge on any atom is -0.496 e. The van der Waals surface area contributed by atoms with E-state index in [2.05, 4.69) is 26.6 Å². The standard InChI is InChI=1S/C16H14BrClN2O2S/c1-9-12(18)4-3-5-13(9)19-16(23)20-15(21)11-8-10(17)6-7-14(11)22-2/h3-8H,1-2H3,(H2,19,20,21,23). The molecule has 4 nitrogen and oxygen atoms in total. The van der Waals surface area contributed by atoms with E-state index in [0.717, 1.165) is 15.7 Å². The number of thiocarbonyl (C=S) groups is 1. The third kappa shape index (κ3) is 4.43. The molecule has 0 aliphatic carbocycles. The Balaban J connectivity index is 2.13. The maximum absolute atomic E-state index is 12.4. The zero-order chi connectivity index (χ0) is 17.0. The third-order valence-electron chi connectivity index (χ3n) is 3.15. The van der Waals surface area contributed by atoms with Crippen LogP contribution in [0.4, 0.5) is 5.69 Å². The molecule has 0 aliphatic heterocycles. The normalized spacial score (nSPS) is 10.1. The van der Waals surface area contributed by atoms with E-state index in [-0.39, 0.29) is 11.0 Å². The van der Waals surface area contributed by atoms with E-state index in [4.69, 9.17) is 28.6 Å². The molecule has 0 radical (unpaired) electrons. The Morgan fingerprint density at radius 3 is 2.74 bits per heavy atom. The summed E-state index contributed by atoms with van der Waals surface area (Å²) in [4.78, 5) is 12.4. The predicted octanol–water partition coefficient (Wildman–Crippen LogP) is 4.55. The number of benzene rings is 2. The molecule has 2 aromatic rings. The lowest BCUT2D eigenvalue weighted by Gasteiger charge is -2.13. The maximum Gasteiger partial charge on any atom is 0.261 e. The number of nitrogens with one attached hydrogen (secondary N) is 2. The van der Waals surface area contributed by atoms with Gasteiger partial charge in [0, 0.05) is 15.2 Å². The Hall–Kier alpha value is -1.63. The summed E-state index contributed by atoms with van der Waals surface area (Å²) in [6.07, 6.45) is 0. The number of carbonyl (C=O) groups excluding carboxylic acids is 1. The van der Waals surface area contributed by atoms with Crippen molar-refractivity contribution in [3.63, 3.8) is 0 Å². The fourth-order valence-corrected chi connectivity index (χ4v) is 2.66. The molecule has 0 aromatic heterocycles. The van der Waals surface area contributed by atoms with E-state index in [1.54, 1.807) is 30.3 Å². The van der Waals surface area contributed by atoms with Gasteiger partial charge in [-0.3, -0.25) is 10.1 Å². The van der Waals surface area contributed by atoms with E-state index in [9.17, 15) is 4.79 Å². The fourth-order valence-electron chi connectivity index (χ4n) is 1.92. The summed E-state index contributed by atoms with van der Waals surface area (Å²) in [6, 6.07) is 10.6. The van der Waals surface area contributed by atoms with Crippen LogP contribution in [-0.2, 0) is 0 Å². The van der Waals surface area contributed by atoms with Gasteiger partial charge in [0.1, 0.15) is 5.75 Å². The molecule has 120 valence electrons. The van der Waals surface area contributed by atoms with E-state index >= 15 is 0 Å². The predicted molar refractivity (Wildman–Crippen MR) is 101 cm³/mol. The highest BCUT2D eigenvalue weighted by molar-refractivity contribution is 9.10. The average molecular weight is 414 g/mol. The molecule has 0 bridgehead atoms. The van der Waals surface area contributed by atoms with Crippen molar-refractivity contribution in [1.82, 2.24) is 5.32 Å². The lowest BCUT2D eigenvalue weighted by atomic mass is 10.2. The molecule has 0 atom stereocenters. The molecule has 0 saturated carbocycles. The van der Waals surface area contributed by atoms with Crippen molar-refractivity contribution < 1.29 is 9.53 Å². The second-order valence-electron chi connectivity index (χ2n) is 4.67. The highest BCUT2D eigenvalue weighted by atomic mass is 79.9. The summed E-state index contributed by atoms with van der Waals surface area (Å²) >= 11 is 14.6. The monoisotopic (exact) mass is 412 g/mol. The largest absolute Gasteiger partial charge is 0.496 e. The second-order valence-corrected chi connectivity index (χ2v) is 6.40. The highest BCUT2D eigenvalue weighted by Gasteiger charge is 2.14. The Morgan fingerprint density at radius 1 is 1.30 bits per heavy atom. The molecule has 1 amide bonds. The maximum atomic E-state index is 12.4. The van der Waals surface area contributed by atoms with Gasteiger partial charge in [-0.1, -0.05) is 33.6 Å². The zero-order valence-corrected chi connectivity index (χ0v) is 15.6. The molecule has 2 rings (SSSR count). The van der Waals surface area contributed by atoms with Gasteiger partial charge in [-0.05, 0) is 55.0 Å². The molecule has 0 heterocycles. The van der Waals surface area contributed by atoms with Gasteiger partial charge in [0.2, 0.25) is 0 Å². The van der Waals surface area contributed by atoms with Crippen LogP contribution in [0.3, 0.4) is 0 Å². The van der Waals surface area contributed by atoms with Crippen LogP contribution in [-0.4, -0.2) is 18.1 Å². The molecule has 2 aromatic carbocycles. The number of ether oxygens (including phenoxy) is 1. The van der Waals surface area contributed by atoms with Crippen LogP contribution < -0.4 is 15.4 Å². The number of halogens is 2. The van der Waals surface area contributed by atoms with Gasteiger partial charge >= 0.3 is 0 Å². The Bertz CT molecular complexity index is 768. The third-order valence-corrected chi connectivity index (χ3v) is 4.26. The fraction of sp³-hybridized carbons (Fsp3) is 0.125. The second kappa shape index (κ2) is 7.77.